The van der Waals surface area contributed by atoms with Gasteiger partial charge in [-0.3, -0.25) is 0 Å². The van der Waals surface area contributed by atoms with Gasteiger partial charge in [0, 0.05) is 33.4 Å². The number of rotatable bonds is 3. The average Bonchev–Trinajstić information content (AvgIpc) is 3.55. The van der Waals surface area contributed by atoms with Gasteiger partial charge < -0.3 is 9.71 Å². The standard InChI is InChI=1S/C60H47BN2/c1-58(2,3)39-31-33-42(34-32-39)63-52-36-35-48-53(44-25-14-15-26-46(44)59(48,4)5)54(52)45-37-38-19-12-13-24-43(38)56-55(45)61(63)50-29-18-28-49-57(50)62(56)51-30-17-16-27-47(51)60(49,40-20-8-6-9-21-40)41-22-10-7-11-23-41/h6-37H,1-5H3. The third-order valence-corrected chi connectivity index (χ3v) is 15.0. The molecule has 0 aromatic heterocycles. The van der Waals surface area contributed by atoms with Gasteiger partial charge in [0.05, 0.1) is 16.8 Å². The molecule has 4 aliphatic rings. The zero-order chi connectivity index (χ0) is 42.4. The third kappa shape index (κ3) is 4.70. The minimum atomic E-state index is -0.576. The van der Waals surface area contributed by atoms with Crippen LogP contribution in [0.3, 0.4) is 0 Å². The van der Waals surface area contributed by atoms with Crippen LogP contribution >= 0.6 is 0 Å². The van der Waals surface area contributed by atoms with Crippen molar-refractivity contribution in [2.24, 2.45) is 0 Å². The first-order chi connectivity index (χ1) is 30.7. The Kier molecular flexibility index (Phi) is 7.39. The maximum atomic E-state index is 2.71. The number of fused-ring (bicyclic) bond motifs is 12. The molecule has 0 spiro atoms. The van der Waals surface area contributed by atoms with E-state index in [0.717, 1.165) is 0 Å². The van der Waals surface area contributed by atoms with Crippen molar-refractivity contribution in [3.63, 3.8) is 0 Å². The maximum Gasteiger partial charge on any atom is 0.333 e. The number of benzene rings is 9. The average molecular weight is 807 g/mol. The lowest BCUT2D eigenvalue weighted by atomic mass is 9.42. The predicted molar refractivity (Wildman–Crippen MR) is 266 cm³/mol. The van der Waals surface area contributed by atoms with Crippen molar-refractivity contribution in [1.82, 2.24) is 0 Å². The molecule has 0 unspecified atom stereocenters. The highest BCUT2D eigenvalue weighted by Crippen LogP contribution is 2.62. The minimum absolute atomic E-state index is 0.0303. The molecule has 0 bridgehead atoms. The zero-order valence-corrected chi connectivity index (χ0v) is 36.4. The van der Waals surface area contributed by atoms with Crippen molar-refractivity contribution in [3.05, 3.63) is 233 Å². The Labute approximate surface area is 371 Å². The Morgan fingerprint density at radius 3 is 1.84 bits per heavy atom. The number of hydrogen-bond donors (Lipinski definition) is 0. The van der Waals surface area contributed by atoms with Crippen LogP contribution in [-0.4, -0.2) is 6.85 Å². The predicted octanol–water partition coefficient (Wildman–Crippen LogP) is 13.8. The summed E-state index contributed by atoms with van der Waals surface area (Å²) in [5.41, 5.74) is 22.8. The summed E-state index contributed by atoms with van der Waals surface area (Å²) in [6, 6.07) is 74.1. The monoisotopic (exact) mass is 806 g/mol. The molecule has 0 fully saturated rings. The van der Waals surface area contributed by atoms with Crippen LogP contribution < -0.4 is 20.6 Å². The van der Waals surface area contributed by atoms with Crippen LogP contribution in [0.4, 0.5) is 28.4 Å². The second-order valence-electron chi connectivity index (χ2n) is 19.6. The van der Waals surface area contributed by atoms with E-state index in [-0.39, 0.29) is 17.7 Å². The summed E-state index contributed by atoms with van der Waals surface area (Å²) < 4.78 is 0. The molecule has 0 N–H and O–H groups in total. The van der Waals surface area contributed by atoms with E-state index in [4.69, 9.17) is 0 Å². The van der Waals surface area contributed by atoms with Crippen molar-refractivity contribution >= 4 is 57.0 Å². The van der Waals surface area contributed by atoms with Crippen LogP contribution in [0.15, 0.2) is 194 Å². The van der Waals surface area contributed by atoms with Crippen LogP contribution in [0.5, 0.6) is 0 Å². The fraction of sp³-hybridized carbons (Fsp3) is 0.133. The molecule has 0 radical (unpaired) electrons. The van der Waals surface area contributed by atoms with Crippen LogP contribution in [-0.2, 0) is 16.2 Å². The van der Waals surface area contributed by atoms with Gasteiger partial charge in [0.15, 0.2) is 0 Å². The fourth-order valence-electron chi connectivity index (χ4n) is 12.3. The SMILES string of the molecule is CC(C)(C)c1ccc(N2B3c4cccc5c4N(c4ccccc4C5(c4ccccc4)c4ccccc4)c4c3c(cc3ccccc43)-c3c2ccc2c3-c3ccccc3C2(C)C)cc1. The molecule has 3 heterocycles. The lowest BCUT2D eigenvalue weighted by Gasteiger charge is -2.52. The second kappa shape index (κ2) is 12.7. The topological polar surface area (TPSA) is 6.48 Å². The van der Waals surface area contributed by atoms with Crippen molar-refractivity contribution in [3.8, 4) is 22.3 Å². The van der Waals surface area contributed by atoms with Crippen LogP contribution in [0.25, 0.3) is 33.0 Å². The molecule has 0 saturated heterocycles. The van der Waals surface area contributed by atoms with E-state index >= 15 is 0 Å². The molecular formula is C60H47BN2. The van der Waals surface area contributed by atoms with Gasteiger partial charge in [-0.2, -0.15) is 0 Å². The summed E-state index contributed by atoms with van der Waals surface area (Å²) >= 11 is 0. The van der Waals surface area contributed by atoms with Gasteiger partial charge in [0.25, 0.3) is 0 Å². The number of anilines is 5. The largest absolute Gasteiger partial charge is 0.376 e. The Balaban J connectivity index is 1.22. The van der Waals surface area contributed by atoms with Gasteiger partial charge in [-0.25, -0.2) is 0 Å². The van der Waals surface area contributed by atoms with E-state index in [1.807, 2.05) is 0 Å². The summed E-state index contributed by atoms with van der Waals surface area (Å²) in [5.74, 6) is 0. The first-order valence-corrected chi connectivity index (χ1v) is 22.6. The molecule has 0 atom stereocenters. The van der Waals surface area contributed by atoms with Crippen molar-refractivity contribution in [1.29, 1.82) is 0 Å². The molecular weight excluding hydrogens is 759 g/mol. The zero-order valence-electron chi connectivity index (χ0n) is 36.4. The number of para-hydroxylation sites is 2. The van der Waals surface area contributed by atoms with Crippen molar-refractivity contribution in [2.75, 3.05) is 9.71 Å². The summed E-state index contributed by atoms with van der Waals surface area (Å²) in [6.07, 6.45) is 0. The number of hydrogen-bond acceptors (Lipinski definition) is 2. The molecule has 1 aliphatic carbocycles. The summed E-state index contributed by atoms with van der Waals surface area (Å²) in [7, 11) is 0. The normalized spacial score (nSPS) is 15.5. The van der Waals surface area contributed by atoms with E-state index in [2.05, 4.69) is 238 Å². The Morgan fingerprint density at radius 1 is 0.476 bits per heavy atom. The van der Waals surface area contributed by atoms with Gasteiger partial charge in [-0.1, -0.05) is 198 Å². The summed E-state index contributed by atoms with van der Waals surface area (Å²) in [5, 5.41) is 2.52. The number of nitrogens with zero attached hydrogens (tertiary/aromatic N) is 2. The van der Waals surface area contributed by atoms with Crippen LogP contribution in [0, 0.1) is 0 Å². The molecule has 9 aromatic rings. The Morgan fingerprint density at radius 2 is 1.11 bits per heavy atom. The van der Waals surface area contributed by atoms with E-state index < -0.39 is 5.41 Å². The van der Waals surface area contributed by atoms with E-state index in [1.165, 1.54) is 111 Å². The maximum absolute atomic E-state index is 2.71. The van der Waals surface area contributed by atoms with Gasteiger partial charge in [0.1, 0.15) is 0 Å². The molecule has 0 saturated carbocycles. The summed E-state index contributed by atoms with van der Waals surface area (Å²) in [4.78, 5) is 5.38. The summed E-state index contributed by atoms with van der Waals surface area (Å²) in [6.45, 7) is 11.6. The Hall–Kier alpha value is -7.10. The first kappa shape index (κ1) is 36.5. The van der Waals surface area contributed by atoms with Crippen molar-refractivity contribution < 1.29 is 0 Å². The lowest BCUT2D eigenvalue weighted by Crippen LogP contribution is -2.63. The second-order valence-corrected chi connectivity index (χ2v) is 19.6. The minimum Gasteiger partial charge on any atom is -0.376 e. The van der Waals surface area contributed by atoms with E-state index in [0.29, 0.717) is 0 Å². The lowest BCUT2D eigenvalue weighted by molar-refractivity contribution is 0.590. The van der Waals surface area contributed by atoms with E-state index in [1.54, 1.807) is 0 Å². The molecule has 9 aromatic carbocycles. The van der Waals surface area contributed by atoms with Crippen LogP contribution in [0.1, 0.15) is 73.6 Å². The highest BCUT2D eigenvalue weighted by atomic mass is 15.2. The van der Waals surface area contributed by atoms with E-state index in [9.17, 15) is 0 Å². The van der Waals surface area contributed by atoms with Gasteiger partial charge in [0.2, 0.25) is 0 Å². The first-order valence-electron chi connectivity index (χ1n) is 22.6. The molecule has 0 amide bonds. The molecule has 3 heteroatoms. The Bertz CT molecular complexity index is 3320. The molecule has 300 valence electrons. The fourth-order valence-corrected chi connectivity index (χ4v) is 12.3. The van der Waals surface area contributed by atoms with Gasteiger partial charge >= 0.3 is 6.85 Å². The van der Waals surface area contributed by atoms with Gasteiger partial charge in [-0.15, -0.1) is 0 Å². The smallest absolute Gasteiger partial charge is 0.333 e. The molecule has 2 nitrogen and oxygen atoms in total. The highest BCUT2D eigenvalue weighted by Gasteiger charge is 2.54. The van der Waals surface area contributed by atoms with Crippen molar-refractivity contribution in [2.45, 2.75) is 50.9 Å². The molecule has 13 rings (SSSR count). The molecule has 63 heavy (non-hydrogen) atoms. The van der Waals surface area contributed by atoms with Crippen LogP contribution in [0.2, 0.25) is 0 Å². The third-order valence-electron chi connectivity index (χ3n) is 15.0. The quantitative estimate of drug-likeness (QED) is 0.164. The van der Waals surface area contributed by atoms with Gasteiger partial charge in [-0.05, 0) is 108 Å². The highest BCUT2D eigenvalue weighted by molar-refractivity contribution is 6.94. The molecule has 3 aliphatic heterocycles.